The maximum absolute atomic E-state index is 12.6. The van der Waals surface area contributed by atoms with Crippen LogP contribution in [0.3, 0.4) is 0 Å². The molecule has 0 aromatic heterocycles. The zero-order chi connectivity index (χ0) is 29.9. The average molecular weight is 1240 g/mol. The Hall–Kier alpha value is 0.750. The molecule has 3 rings (SSSR count). The molecule has 1 aliphatic heterocycles. The van der Waals surface area contributed by atoms with E-state index in [0.717, 1.165) is 21.4 Å². The Morgan fingerprint density at radius 3 is 1.66 bits per heavy atom. The molecule has 224 valence electrons. The standard InChI is InChI=1S/C25H23I6NO9/c26-14-5-17(28)24(30)19(7-14)37-12-22(34)39-10-16(41-21(33)9-32-1-3-36-4-2-32)11-40-23(35)13-38-20-8-15(27)6-18(29)25(20)31/h5-8,16H,1-4,9-13H2. The normalized spacial score (nSPS) is 13.5. The molecule has 0 radical (unpaired) electrons. The van der Waals surface area contributed by atoms with Gasteiger partial charge < -0.3 is 28.4 Å². The van der Waals surface area contributed by atoms with Crippen molar-refractivity contribution in [2.24, 2.45) is 0 Å². The molecule has 0 unspecified atom stereocenters. The van der Waals surface area contributed by atoms with Crippen LogP contribution in [0, 0.1) is 21.4 Å². The predicted molar refractivity (Wildman–Crippen MR) is 199 cm³/mol. The summed E-state index contributed by atoms with van der Waals surface area (Å²) in [6.45, 7) is 1.03. The van der Waals surface area contributed by atoms with Crippen molar-refractivity contribution in [3.05, 3.63) is 45.7 Å². The molecule has 41 heavy (non-hydrogen) atoms. The largest absolute Gasteiger partial charge is 0.481 e. The van der Waals surface area contributed by atoms with Crippen molar-refractivity contribution < 1.29 is 42.8 Å². The summed E-state index contributed by atoms with van der Waals surface area (Å²) in [6.07, 6.45) is -1.01. The van der Waals surface area contributed by atoms with Crippen molar-refractivity contribution in [2.75, 3.05) is 59.3 Å². The minimum Gasteiger partial charge on any atom is -0.481 e. The number of morpholine rings is 1. The van der Waals surface area contributed by atoms with Crippen LogP contribution >= 0.6 is 136 Å². The fraction of sp³-hybridized carbons (Fsp3) is 0.400. The van der Waals surface area contributed by atoms with Gasteiger partial charge in [0.25, 0.3) is 0 Å². The lowest BCUT2D eigenvalue weighted by atomic mass is 10.3. The minimum atomic E-state index is -1.01. The number of nitrogens with zero attached hydrogens (tertiary/aromatic N) is 1. The second-order valence-electron chi connectivity index (χ2n) is 8.34. The number of esters is 3. The molecular weight excluding hydrogens is 1220 g/mol. The summed E-state index contributed by atoms with van der Waals surface area (Å²) < 4.78 is 38.5. The van der Waals surface area contributed by atoms with E-state index in [1.165, 1.54) is 0 Å². The molecule has 10 nitrogen and oxygen atoms in total. The van der Waals surface area contributed by atoms with Gasteiger partial charge in [-0.25, -0.2) is 9.59 Å². The van der Waals surface area contributed by atoms with Gasteiger partial charge in [0.1, 0.15) is 24.7 Å². The molecule has 0 bridgehead atoms. The number of ether oxygens (including phenoxy) is 6. The van der Waals surface area contributed by atoms with Gasteiger partial charge in [0.05, 0.1) is 26.9 Å². The third kappa shape index (κ3) is 12.9. The molecule has 2 aromatic rings. The maximum Gasteiger partial charge on any atom is 0.344 e. The van der Waals surface area contributed by atoms with E-state index in [2.05, 4.69) is 136 Å². The molecule has 0 saturated carbocycles. The van der Waals surface area contributed by atoms with Crippen molar-refractivity contribution in [1.29, 1.82) is 0 Å². The molecule has 1 saturated heterocycles. The fourth-order valence-electron chi connectivity index (χ4n) is 3.28. The van der Waals surface area contributed by atoms with Crippen LogP contribution in [-0.4, -0.2) is 88.2 Å². The second kappa shape index (κ2) is 18.7. The highest BCUT2D eigenvalue weighted by molar-refractivity contribution is 14.1. The van der Waals surface area contributed by atoms with Crippen LogP contribution in [0.1, 0.15) is 0 Å². The molecule has 1 fully saturated rings. The number of benzene rings is 2. The summed E-state index contributed by atoms with van der Waals surface area (Å²) in [4.78, 5) is 39.4. The summed E-state index contributed by atoms with van der Waals surface area (Å²) in [7, 11) is 0. The Morgan fingerprint density at radius 1 is 0.732 bits per heavy atom. The smallest absolute Gasteiger partial charge is 0.344 e. The Bertz CT molecular complexity index is 1170. The van der Waals surface area contributed by atoms with Gasteiger partial charge in [-0.1, -0.05) is 0 Å². The predicted octanol–water partition coefficient (Wildman–Crippen LogP) is 5.10. The molecule has 0 N–H and O–H groups in total. The van der Waals surface area contributed by atoms with Crippen molar-refractivity contribution in [1.82, 2.24) is 4.90 Å². The summed E-state index contributed by atoms with van der Waals surface area (Å²) in [6, 6.07) is 7.65. The molecule has 0 spiro atoms. The lowest BCUT2D eigenvalue weighted by molar-refractivity contribution is -0.169. The number of hydrogen-bond acceptors (Lipinski definition) is 10. The van der Waals surface area contributed by atoms with Crippen LogP contribution in [0.4, 0.5) is 0 Å². The van der Waals surface area contributed by atoms with Crippen molar-refractivity contribution in [3.8, 4) is 11.5 Å². The highest BCUT2D eigenvalue weighted by Gasteiger charge is 2.23. The van der Waals surface area contributed by atoms with Crippen LogP contribution < -0.4 is 9.47 Å². The van der Waals surface area contributed by atoms with Gasteiger partial charge in [0.2, 0.25) is 0 Å². The van der Waals surface area contributed by atoms with E-state index >= 15 is 0 Å². The van der Waals surface area contributed by atoms with E-state index in [1.807, 2.05) is 29.2 Å². The molecule has 0 amide bonds. The van der Waals surface area contributed by atoms with E-state index < -0.39 is 24.0 Å². The number of carbonyl (C=O) groups excluding carboxylic acids is 3. The molecule has 0 atom stereocenters. The van der Waals surface area contributed by atoms with Crippen LogP contribution in [0.25, 0.3) is 0 Å². The summed E-state index contributed by atoms with van der Waals surface area (Å²) >= 11 is 13.0. The Morgan fingerprint density at radius 2 is 1.20 bits per heavy atom. The van der Waals surface area contributed by atoms with Gasteiger partial charge in [0.15, 0.2) is 19.3 Å². The zero-order valence-corrected chi connectivity index (χ0v) is 34.1. The van der Waals surface area contributed by atoms with Crippen molar-refractivity contribution >= 4 is 153 Å². The Kier molecular flexibility index (Phi) is 16.5. The van der Waals surface area contributed by atoms with E-state index in [9.17, 15) is 14.4 Å². The molecule has 16 heteroatoms. The first-order chi connectivity index (χ1) is 19.5. The molecule has 2 aromatic carbocycles. The Balaban J connectivity index is 1.54. The molecule has 0 aliphatic carbocycles. The fourth-order valence-corrected chi connectivity index (χ4v) is 7.80. The van der Waals surface area contributed by atoms with E-state index in [-0.39, 0.29) is 33.0 Å². The maximum atomic E-state index is 12.6. The van der Waals surface area contributed by atoms with E-state index in [0.29, 0.717) is 37.8 Å². The summed E-state index contributed by atoms with van der Waals surface area (Å²) in [5, 5.41) is 0. The van der Waals surface area contributed by atoms with Gasteiger partial charge >= 0.3 is 17.9 Å². The van der Waals surface area contributed by atoms with E-state index in [1.54, 1.807) is 0 Å². The number of rotatable bonds is 13. The van der Waals surface area contributed by atoms with Crippen LogP contribution in [0.5, 0.6) is 11.5 Å². The summed E-state index contributed by atoms with van der Waals surface area (Å²) in [5.74, 6) is -0.692. The van der Waals surface area contributed by atoms with Crippen LogP contribution in [0.2, 0.25) is 0 Å². The van der Waals surface area contributed by atoms with Crippen LogP contribution in [-0.2, 0) is 33.3 Å². The lowest BCUT2D eigenvalue weighted by Gasteiger charge is -2.26. The minimum absolute atomic E-state index is 0.0431. The monoisotopic (exact) mass is 1240 g/mol. The van der Waals surface area contributed by atoms with Crippen molar-refractivity contribution in [2.45, 2.75) is 6.10 Å². The lowest BCUT2D eigenvalue weighted by Crippen LogP contribution is -2.42. The molecule has 1 aliphatic rings. The quantitative estimate of drug-likeness (QED) is 0.116. The number of hydrogen-bond donors (Lipinski definition) is 0. The molecular formula is C25H23I6NO9. The van der Waals surface area contributed by atoms with Gasteiger partial charge in [-0.3, -0.25) is 9.69 Å². The number of halogens is 6. The van der Waals surface area contributed by atoms with Gasteiger partial charge in [-0.2, -0.15) is 0 Å². The van der Waals surface area contributed by atoms with Gasteiger partial charge in [-0.15, -0.1) is 0 Å². The third-order valence-electron chi connectivity index (χ3n) is 5.23. The number of carbonyl (C=O) groups is 3. The first kappa shape index (κ1) is 36.2. The van der Waals surface area contributed by atoms with Crippen LogP contribution in [0.15, 0.2) is 24.3 Å². The first-order valence-electron chi connectivity index (χ1n) is 11.9. The average Bonchev–Trinajstić information content (AvgIpc) is 2.93. The van der Waals surface area contributed by atoms with Gasteiger partial charge in [-0.05, 0) is 160 Å². The summed E-state index contributed by atoms with van der Waals surface area (Å²) in [5.41, 5.74) is 0. The Labute approximate surface area is 319 Å². The zero-order valence-electron chi connectivity index (χ0n) is 21.1. The second-order valence-corrected chi connectivity index (χ2v) is 15.3. The highest BCUT2D eigenvalue weighted by Crippen LogP contribution is 2.29. The molecule has 1 heterocycles. The SMILES string of the molecule is O=C(COc1cc(I)cc(I)c1I)OCC(COC(=O)COc1cc(I)cc(I)c1I)OC(=O)CN1CCOCC1. The first-order valence-corrected chi connectivity index (χ1v) is 18.3. The topological polar surface area (TPSA) is 110 Å². The van der Waals surface area contributed by atoms with E-state index in [4.69, 9.17) is 28.4 Å². The third-order valence-corrected chi connectivity index (χ3v) is 12.5. The highest BCUT2D eigenvalue weighted by atomic mass is 127. The van der Waals surface area contributed by atoms with Gasteiger partial charge in [0, 0.05) is 27.4 Å². The van der Waals surface area contributed by atoms with Crippen molar-refractivity contribution in [3.63, 3.8) is 0 Å².